The molecule has 2 heterocycles. The topological polar surface area (TPSA) is 25.2 Å². The predicted octanol–water partition coefficient (Wildman–Crippen LogP) is 7.59. The van der Waals surface area contributed by atoms with Crippen molar-refractivity contribution >= 4 is 6.21 Å². The van der Waals surface area contributed by atoms with E-state index < -0.39 is 0 Å². The monoisotopic (exact) mass is 384 g/mol. The Morgan fingerprint density at radius 1 is 0.679 bits per heavy atom. The molecule has 0 radical (unpaired) electrons. The molecule has 0 spiro atoms. The lowest BCUT2D eigenvalue weighted by molar-refractivity contribution is 0.159. The minimum atomic E-state index is 0.177. The number of hydrogen-bond donors (Lipinski definition) is 0. The number of hydrogen-bond acceptors (Lipinski definition) is 2. The molecular formula is C26H44N2. The highest BCUT2D eigenvalue weighted by atomic mass is 14.7. The molecule has 0 saturated heterocycles. The van der Waals surface area contributed by atoms with E-state index >= 15 is 0 Å². The quantitative estimate of drug-likeness (QED) is 0.452. The van der Waals surface area contributed by atoms with Crippen LogP contribution in [0.15, 0.2) is 35.7 Å². The highest BCUT2D eigenvalue weighted by molar-refractivity contribution is 5.65. The summed E-state index contributed by atoms with van der Waals surface area (Å²) >= 11 is 0. The summed E-state index contributed by atoms with van der Waals surface area (Å²) < 4.78 is 0. The van der Waals surface area contributed by atoms with Crippen LogP contribution >= 0.6 is 0 Å². The zero-order valence-corrected chi connectivity index (χ0v) is 20.5. The Labute approximate surface area is 175 Å². The van der Waals surface area contributed by atoms with Crippen LogP contribution in [-0.2, 0) is 10.8 Å². The molecule has 1 aromatic heterocycles. The summed E-state index contributed by atoms with van der Waals surface area (Å²) in [6, 6.07) is 2.14. The molecule has 0 aliphatic carbocycles. The highest BCUT2D eigenvalue weighted by Gasteiger charge is 2.37. The molecule has 2 heteroatoms. The van der Waals surface area contributed by atoms with Gasteiger partial charge in [0.2, 0.25) is 0 Å². The fourth-order valence-electron chi connectivity index (χ4n) is 3.73. The second-order valence-corrected chi connectivity index (χ2v) is 12.3. The van der Waals surface area contributed by atoms with Crippen molar-refractivity contribution in [1.29, 1.82) is 0 Å². The first-order valence-electron chi connectivity index (χ1n) is 10.6. The van der Waals surface area contributed by atoms with Gasteiger partial charge in [0, 0.05) is 30.7 Å². The van der Waals surface area contributed by atoms with Crippen LogP contribution in [0.2, 0.25) is 0 Å². The number of nitrogens with zero attached hydrogens (tertiary/aromatic N) is 2. The summed E-state index contributed by atoms with van der Waals surface area (Å²) in [5.74, 6) is 1.15. The van der Waals surface area contributed by atoms with Gasteiger partial charge in [-0.3, -0.25) is 9.98 Å². The van der Waals surface area contributed by atoms with Crippen LogP contribution in [0.25, 0.3) is 0 Å². The number of aliphatic imine (C=N–C) groups is 1. The van der Waals surface area contributed by atoms with Gasteiger partial charge >= 0.3 is 0 Å². The van der Waals surface area contributed by atoms with E-state index in [9.17, 15) is 0 Å². The first kappa shape index (κ1) is 24.6. The number of rotatable bonds is 0. The van der Waals surface area contributed by atoms with Gasteiger partial charge in [0.15, 0.2) is 0 Å². The maximum absolute atomic E-state index is 4.28. The molecule has 2 rings (SSSR count). The number of allylic oxidation sites excluding steroid dienone is 1. The molecule has 2 unspecified atom stereocenters. The number of pyridine rings is 1. The SMILES string of the molecule is CC(C)(C)C1C=CN=CC1C(C)(C)C.CC(C)(C)c1ccncc1C(C)(C)C. The molecule has 28 heavy (non-hydrogen) atoms. The van der Waals surface area contributed by atoms with E-state index in [0.717, 1.165) is 0 Å². The van der Waals surface area contributed by atoms with E-state index in [0.29, 0.717) is 22.7 Å². The molecule has 2 nitrogen and oxygen atoms in total. The fourth-order valence-corrected chi connectivity index (χ4v) is 3.73. The van der Waals surface area contributed by atoms with E-state index in [4.69, 9.17) is 0 Å². The van der Waals surface area contributed by atoms with Crippen LogP contribution < -0.4 is 0 Å². The maximum atomic E-state index is 4.28. The van der Waals surface area contributed by atoms with Crippen molar-refractivity contribution in [2.45, 2.75) is 93.9 Å². The molecule has 0 fully saturated rings. The lowest BCUT2D eigenvalue weighted by atomic mass is 9.64. The van der Waals surface area contributed by atoms with Gasteiger partial charge in [-0.1, -0.05) is 89.2 Å². The molecular weight excluding hydrogens is 340 g/mol. The highest BCUT2D eigenvalue weighted by Crippen LogP contribution is 2.42. The van der Waals surface area contributed by atoms with Crippen LogP contribution in [0.1, 0.15) is 94.2 Å². The first-order chi connectivity index (χ1) is 12.5. The molecule has 0 bridgehead atoms. The van der Waals surface area contributed by atoms with Gasteiger partial charge in [-0.15, -0.1) is 0 Å². The molecule has 0 aromatic carbocycles. The van der Waals surface area contributed by atoms with E-state index in [1.807, 2.05) is 18.6 Å². The predicted molar refractivity (Wildman–Crippen MR) is 125 cm³/mol. The summed E-state index contributed by atoms with van der Waals surface area (Å²) in [5.41, 5.74) is 3.75. The Morgan fingerprint density at radius 3 is 1.54 bits per heavy atom. The Morgan fingerprint density at radius 2 is 1.18 bits per heavy atom. The summed E-state index contributed by atoms with van der Waals surface area (Å²) in [4.78, 5) is 8.51. The smallest absolute Gasteiger partial charge is 0.0308 e. The third kappa shape index (κ3) is 6.87. The van der Waals surface area contributed by atoms with Gasteiger partial charge in [-0.2, -0.15) is 0 Å². The van der Waals surface area contributed by atoms with E-state index in [1.54, 1.807) is 0 Å². The van der Waals surface area contributed by atoms with Crippen LogP contribution in [0.4, 0.5) is 0 Å². The van der Waals surface area contributed by atoms with Crippen LogP contribution in [0.5, 0.6) is 0 Å². The largest absolute Gasteiger partial charge is 0.269 e. The van der Waals surface area contributed by atoms with Crippen LogP contribution in [-0.4, -0.2) is 11.2 Å². The summed E-state index contributed by atoms with van der Waals surface area (Å²) in [6.07, 6.45) is 10.2. The van der Waals surface area contributed by atoms with Crippen molar-refractivity contribution < 1.29 is 0 Å². The van der Waals surface area contributed by atoms with E-state index in [1.165, 1.54) is 11.1 Å². The minimum absolute atomic E-state index is 0.177. The van der Waals surface area contributed by atoms with Gasteiger partial charge in [-0.25, -0.2) is 0 Å². The molecule has 0 N–H and O–H groups in total. The molecule has 1 aromatic rings. The van der Waals surface area contributed by atoms with Crippen molar-refractivity contribution in [2.24, 2.45) is 27.7 Å². The van der Waals surface area contributed by atoms with Gasteiger partial charge in [-0.05, 0) is 44.8 Å². The fraction of sp³-hybridized carbons (Fsp3) is 0.692. The molecule has 158 valence electrons. The lowest BCUT2D eigenvalue weighted by Gasteiger charge is -2.41. The molecule has 1 aliphatic heterocycles. The van der Waals surface area contributed by atoms with Crippen molar-refractivity contribution in [3.63, 3.8) is 0 Å². The Bertz CT molecular complexity index is 622. The van der Waals surface area contributed by atoms with Gasteiger partial charge in [0.25, 0.3) is 0 Å². The third-order valence-electron chi connectivity index (χ3n) is 5.45. The van der Waals surface area contributed by atoms with Crippen LogP contribution in [0, 0.1) is 22.7 Å². The average Bonchev–Trinajstić information content (AvgIpc) is 2.52. The Balaban J connectivity index is 0.000000280. The Hall–Kier alpha value is -1.44. The van der Waals surface area contributed by atoms with E-state index in [2.05, 4.69) is 111 Å². The molecule has 0 saturated carbocycles. The third-order valence-corrected chi connectivity index (χ3v) is 5.45. The average molecular weight is 385 g/mol. The summed E-state index contributed by atoms with van der Waals surface area (Å²) in [7, 11) is 0. The molecule has 2 atom stereocenters. The number of aromatic nitrogens is 1. The maximum Gasteiger partial charge on any atom is 0.0308 e. The van der Waals surface area contributed by atoms with Gasteiger partial charge < -0.3 is 0 Å². The second-order valence-electron chi connectivity index (χ2n) is 12.3. The normalized spacial score (nSPS) is 20.6. The molecule has 1 aliphatic rings. The zero-order valence-electron chi connectivity index (χ0n) is 20.5. The Kier molecular flexibility index (Phi) is 7.48. The standard InChI is InChI=1S/C13H23N.C13H21N/c2*1-12(2,3)10-7-8-14-9-11(10)13(4,5)6/h7-11H,1-6H3;7-9H,1-6H3. The van der Waals surface area contributed by atoms with Crippen LogP contribution in [0.3, 0.4) is 0 Å². The second kappa shape index (κ2) is 8.51. The van der Waals surface area contributed by atoms with Crippen molar-refractivity contribution in [3.8, 4) is 0 Å². The van der Waals surface area contributed by atoms with Crippen molar-refractivity contribution in [2.75, 3.05) is 0 Å². The van der Waals surface area contributed by atoms with Crippen molar-refractivity contribution in [1.82, 2.24) is 4.98 Å². The minimum Gasteiger partial charge on any atom is -0.269 e. The van der Waals surface area contributed by atoms with Gasteiger partial charge in [0.1, 0.15) is 0 Å². The first-order valence-corrected chi connectivity index (χ1v) is 10.6. The zero-order chi connectivity index (χ0) is 22.0. The molecule has 0 amide bonds. The van der Waals surface area contributed by atoms with Gasteiger partial charge in [0.05, 0.1) is 0 Å². The summed E-state index contributed by atoms with van der Waals surface area (Å²) in [6.45, 7) is 27.2. The van der Waals surface area contributed by atoms with E-state index in [-0.39, 0.29) is 10.8 Å². The lowest BCUT2D eigenvalue weighted by Crippen LogP contribution is -2.36. The van der Waals surface area contributed by atoms with Crippen molar-refractivity contribution in [3.05, 3.63) is 41.9 Å². The summed E-state index contributed by atoms with van der Waals surface area (Å²) in [5, 5.41) is 0.